The van der Waals surface area contributed by atoms with Gasteiger partial charge in [0.25, 0.3) is 0 Å². The molecule has 1 heterocycles. The van der Waals surface area contributed by atoms with Crippen molar-refractivity contribution in [3.63, 3.8) is 0 Å². The van der Waals surface area contributed by atoms with Gasteiger partial charge in [-0.05, 0) is 24.8 Å². The first-order valence-electron chi connectivity index (χ1n) is 5.47. The molecule has 1 atom stereocenters. The second-order valence-electron chi connectivity index (χ2n) is 3.84. The average Bonchev–Trinajstić information content (AvgIpc) is 2.39. The van der Waals surface area contributed by atoms with Crippen molar-refractivity contribution in [3.8, 4) is 0 Å². The van der Waals surface area contributed by atoms with Crippen LogP contribution in [0.3, 0.4) is 0 Å². The molecule has 0 amide bonds. The monoisotopic (exact) mass is 245 g/mol. The first-order chi connectivity index (χ1) is 8.22. The van der Waals surface area contributed by atoms with Crippen LogP contribution in [-0.4, -0.2) is 16.3 Å². The van der Waals surface area contributed by atoms with Crippen molar-refractivity contribution in [2.24, 2.45) is 0 Å². The summed E-state index contributed by atoms with van der Waals surface area (Å²) >= 11 is 1.61. The summed E-state index contributed by atoms with van der Waals surface area (Å²) in [6, 6.07) is 13.5. The van der Waals surface area contributed by atoms with Crippen molar-refractivity contribution < 1.29 is 5.11 Å². The third-order valence-corrected chi connectivity index (χ3v) is 3.37. The number of hydrogen-bond acceptors (Lipinski definition) is 3. The molecule has 0 bridgehead atoms. The second kappa shape index (κ2) is 5.34. The van der Waals surface area contributed by atoms with E-state index in [0.29, 0.717) is 0 Å². The van der Waals surface area contributed by atoms with Gasteiger partial charge < -0.3 is 5.11 Å². The standard InChI is InChI=1S/C14H15NOS/c1-10-12(8-9-13(15-10)17-2)14(16)11-6-4-3-5-7-11/h3-9,14,16H,1-2H3/t14-/m0/s1. The summed E-state index contributed by atoms with van der Waals surface area (Å²) in [5, 5.41) is 11.3. The van der Waals surface area contributed by atoms with Crippen LogP contribution in [0.2, 0.25) is 0 Å². The lowest BCUT2D eigenvalue weighted by molar-refractivity contribution is 0.219. The maximum atomic E-state index is 10.3. The van der Waals surface area contributed by atoms with E-state index in [-0.39, 0.29) is 0 Å². The summed E-state index contributed by atoms with van der Waals surface area (Å²) in [5.74, 6) is 0. The number of hydrogen-bond donors (Lipinski definition) is 1. The number of nitrogens with zero attached hydrogens (tertiary/aromatic N) is 1. The predicted molar refractivity (Wildman–Crippen MR) is 71.3 cm³/mol. The van der Waals surface area contributed by atoms with Crippen LogP contribution in [0, 0.1) is 6.92 Å². The fourth-order valence-corrected chi connectivity index (χ4v) is 2.20. The first-order valence-corrected chi connectivity index (χ1v) is 6.69. The zero-order chi connectivity index (χ0) is 12.3. The molecular formula is C14H15NOS. The average molecular weight is 245 g/mol. The van der Waals surface area contributed by atoms with E-state index < -0.39 is 6.10 Å². The maximum Gasteiger partial charge on any atom is 0.106 e. The second-order valence-corrected chi connectivity index (χ2v) is 4.67. The van der Waals surface area contributed by atoms with Gasteiger partial charge in [-0.3, -0.25) is 0 Å². The Bertz CT molecular complexity index is 499. The Morgan fingerprint density at radius 2 is 1.82 bits per heavy atom. The largest absolute Gasteiger partial charge is 0.384 e. The molecule has 0 aliphatic rings. The lowest BCUT2D eigenvalue weighted by atomic mass is 10.0. The van der Waals surface area contributed by atoms with Crippen LogP contribution in [0.5, 0.6) is 0 Å². The minimum atomic E-state index is -0.598. The molecule has 2 aromatic rings. The van der Waals surface area contributed by atoms with Gasteiger partial charge in [0.2, 0.25) is 0 Å². The van der Waals surface area contributed by atoms with E-state index in [1.807, 2.05) is 55.6 Å². The Labute approximate surface area is 106 Å². The van der Waals surface area contributed by atoms with Crippen LogP contribution in [0.25, 0.3) is 0 Å². The fraction of sp³-hybridized carbons (Fsp3) is 0.214. The zero-order valence-electron chi connectivity index (χ0n) is 9.92. The molecule has 0 spiro atoms. The van der Waals surface area contributed by atoms with Crippen LogP contribution in [0.4, 0.5) is 0 Å². The van der Waals surface area contributed by atoms with Gasteiger partial charge in [0.15, 0.2) is 0 Å². The molecule has 1 aromatic heterocycles. The molecule has 0 aliphatic heterocycles. The highest BCUT2D eigenvalue weighted by Gasteiger charge is 2.13. The molecule has 88 valence electrons. The summed E-state index contributed by atoms with van der Waals surface area (Å²) in [7, 11) is 0. The Hall–Kier alpha value is -1.32. The smallest absolute Gasteiger partial charge is 0.106 e. The zero-order valence-corrected chi connectivity index (χ0v) is 10.7. The Balaban J connectivity index is 2.34. The molecule has 0 aliphatic carbocycles. The number of benzene rings is 1. The molecule has 1 aromatic carbocycles. The fourth-order valence-electron chi connectivity index (χ4n) is 1.77. The quantitative estimate of drug-likeness (QED) is 0.843. The number of thioether (sulfide) groups is 1. The molecule has 3 heteroatoms. The van der Waals surface area contributed by atoms with Crippen molar-refractivity contribution in [1.29, 1.82) is 0 Å². The van der Waals surface area contributed by atoms with Crippen LogP contribution < -0.4 is 0 Å². The van der Waals surface area contributed by atoms with Gasteiger partial charge in [0.1, 0.15) is 6.10 Å². The molecular weight excluding hydrogens is 230 g/mol. The van der Waals surface area contributed by atoms with Gasteiger partial charge >= 0.3 is 0 Å². The van der Waals surface area contributed by atoms with Crippen molar-refractivity contribution in [3.05, 3.63) is 59.3 Å². The lowest BCUT2D eigenvalue weighted by Gasteiger charge is -2.14. The Morgan fingerprint density at radius 1 is 1.12 bits per heavy atom. The predicted octanol–water partition coefficient (Wildman–Crippen LogP) is 3.19. The SMILES string of the molecule is CSc1ccc([C@@H](O)c2ccccc2)c(C)n1. The minimum absolute atomic E-state index is 0.598. The van der Waals surface area contributed by atoms with Gasteiger partial charge in [0, 0.05) is 11.3 Å². The minimum Gasteiger partial charge on any atom is -0.384 e. The summed E-state index contributed by atoms with van der Waals surface area (Å²) in [4.78, 5) is 4.44. The Kier molecular flexibility index (Phi) is 3.82. The number of aryl methyl sites for hydroxylation is 1. The number of aliphatic hydroxyl groups excluding tert-OH is 1. The van der Waals surface area contributed by atoms with Crippen LogP contribution >= 0.6 is 11.8 Å². The van der Waals surface area contributed by atoms with Crippen LogP contribution in [-0.2, 0) is 0 Å². The molecule has 17 heavy (non-hydrogen) atoms. The summed E-state index contributed by atoms with van der Waals surface area (Å²) in [6.07, 6.45) is 1.40. The topological polar surface area (TPSA) is 33.1 Å². The van der Waals surface area contributed by atoms with Crippen molar-refractivity contribution in [1.82, 2.24) is 4.98 Å². The molecule has 0 fully saturated rings. The van der Waals surface area contributed by atoms with Crippen LogP contribution in [0.15, 0.2) is 47.5 Å². The maximum absolute atomic E-state index is 10.3. The van der Waals surface area contributed by atoms with Gasteiger partial charge in [-0.25, -0.2) is 4.98 Å². The van der Waals surface area contributed by atoms with Crippen molar-refractivity contribution >= 4 is 11.8 Å². The van der Waals surface area contributed by atoms with E-state index >= 15 is 0 Å². The van der Waals surface area contributed by atoms with Crippen molar-refractivity contribution in [2.45, 2.75) is 18.1 Å². The molecule has 0 unspecified atom stereocenters. The van der Waals surface area contributed by atoms with Crippen molar-refractivity contribution in [2.75, 3.05) is 6.26 Å². The van der Waals surface area contributed by atoms with E-state index in [0.717, 1.165) is 21.8 Å². The third kappa shape index (κ3) is 2.68. The molecule has 1 N–H and O–H groups in total. The molecule has 0 saturated heterocycles. The summed E-state index contributed by atoms with van der Waals surface area (Å²) < 4.78 is 0. The number of aliphatic hydroxyl groups is 1. The highest BCUT2D eigenvalue weighted by molar-refractivity contribution is 7.98. The number of rotatable bonds is 3. The van der Waals surface area contributed by atoms with E-state index in [2.05, 4.69) is 4.98 Å². The molecule has 2 nitrogen and oxygen atoms in total. The van der Waals surface area contributed by atoms with Gasteiger partial charge in [-0.1, -0.05) is 36.4 Å². The van der Waals surface area contributed by atoms with Gasteiger partial charge in [-0.15, -0.1) is 11.8 Å². The summed E-state index contributed by atoms with van der Waals surface area (Å²) in [5.41, 5.74) is 2.65. The van der Waals surface area contributed by atoms with E-state index in [4.69, 9.17) is 0 Å². The Morgan fingerprint density at radius 3 is 2.41 bits per heavy atom. The highest BCUT2D eigenvalue weighted by atomic mass is 32.2. The highest BCUT2D eigenvalue weighted by Crippen LogP contribution is 2.25. The van der Waals surface area contributed by atoms with Gasteiger partial charge in [0.05, 0.1) is 5.03 Å². The van der Waals surface area contributed by atoms with E-state index in [1.54, 1.807) is 11.8 Å². The number of pyridine rings is 1. The van der Waals surface area contributed by atoms with E-state index in [9.17, 15) is 5.11 Å². The lowest BCUT2D eigenvalue weighted by Crippen LogP contribution is -2.03. The number of aromatic nitrogens is 1. The van der Waals surface area contributed by atoms with Crippen LogP contribution in [0.1, 0.15) is 22.9 Å². The molecule has 2 rings (SSSR count). The third-order valence-electron chi connectivity index (χ3n) is 2.72. The molecule has 0 saturated carbocycles. The van der Waals surface area contributed by atoms with Gasteiger partial charge in [-0.2, -0.15) is 0 Å². The van der Waals surface area contributed by atoms with E-state index in [1.165, 1.54) is 0 Å². The normalized spacial score (nSPS) is 12.4. The summed E-state index contributed by atoms with van der Waals surface area (Å²) in [6.45, 7) is 1.93. The first kappa shape index (κ1) is 12.1. The molecule has 0 radical (unpaired) electrons.